The third-order valence-electron chi connectivity index (χ3n) is 5.28. The van der Waals surface area contributed by atoms with Crippen molar-refractivity contribution in [1.29, 1.82) is 0 Å². The van der Waals surface area contributed by atoms with Crippen LogP contribution in [0.1, 0.15) is 15.2 Å². The van der Waals surface area contributed by atoms with Crippen molar-refractivity contribution in [2.45, 2.75) is 6.54 Å². The van der Waals surface area contributed by atoms with E-state index in [0.29, 0.717) is 18.0 Å². The number of anilines is 2. The van der Waals surface area contributed by atoms with Gasteiger partial charge in [0.15, 0.2) is 0 Å². The maximum absolute atomic E-state index is 13.1. The van der Waals surface area contributed by atoms with Gasteiger partial charge in [-0.2, -0.15) is 0 Å². The summed E-state index contributed by atoms with van der Waals surface area (Å²) in [4.78, 5) is 21.2. The molecule has 0 saturated carbocycles. The lowest BCUT2D eigenvalue weighted by molar-refractivity contribution is 0.0959. The Morgan fingerprint density at radius 2 is 1.78 bits per heavy atom. The summed E-state index contributed by atoms with van der Waals surface area (Å²) in [6.07, 6.45) is 3.62. The van der Waals surface area contributed by atoms with E-state index >= 15 is 0 Å². The first-order valence-corrected chi connectivity index (χ1v) is 11.3. The molecule has 0 atom stereocenters. The number of amides is 1. The van der Waals surface area contributed by atoms with E-state index < -0.39 is 0 Å². The van der Waals surface area contributed by atoms with Crippen LogP contribution in [0.5, 0.6) is 0 Å². The fraction of sp³-hybridized carbons (Fsp3) is 0.120. The fourth-order valence-electron chi connectivity index (χ4n) is 3.71. The molecule has 0 aliphatic rings. The zero-order valence-electron chi connectivity index (χ0n) is 17.4. The molecular weight excluding hydrogens is 418 g/mol. The number of hydrogen-bond donors (Lipinski definition) is 4. The second-order valence-electron chi connectivity index (χ2n) is 7.44. The van der Waals surface area contributed by atoms with Gasteiger partial charge in [-0.1, -0.05) is 48.5 Å². The Balaban J connectivity index is 1.32. The minimum absolute atomic E-state index is 0.0745. The molecule has 0 aliphatic carbocycles. The predicted octanol–water partition coefficient (Wildman–Crippen LogP) is 5.04. The molecule has 4 N–H and O–H groups in total. The van der Waals surface area contributed by atoms with Crippen molar-refractivity contribution in [3.63, 3.8) is 0 Å². The number of fused-ring (bicyclic) bond motifs is 2. The van der Waals surface area contributed by atoms with E-state index in [1.165, 1.54) is 16.9 Å². The highest BCUT2D eigenvalue weighted by atomic mass is 32.1. The lowest BCUT2D eigenvalue weighted by atomic mass is 10.2. The topological polar surface area (TPSA) is 81.8 Å². The predicted molar refractivity (Wildman–Crippen MR) is 132 cm³/mol. The average molecular weight is 442 g/mol. The summed E-state index contributed by atoms with van der Waals surface area (Å²) in [5.41, 5.74) is 3.78. The molecule has 0 saturated heterocycles. The van der Waals surface area contributed by atoms with Crippen LogP contribution >= 0.6 is 11.3 Å². The first-order valence-electron chi connectivity index (χ1n) is 10.5. The molecule has 7 heteroatoms. The summed E-state index contributed by atoms with van der Waals surface area (Å²) in [6, 6.07) is 22.2. The van der Waals surface area contributed by atoms with Gasteiger partial charge >= 0.3 is 0 Å². The van der Waals surface area contributed by atoms with Gasteiger partial charge in [0, 0.05) is 47.5 Å². The molecule has 0 radical (unpaired) electrons. The van der Waals surface area contributed by atoms with Crippen LogP contribution in [0.15, 0.2) is 79.1 Å². The molecule has 0 aliphatic heterocycles. The maximum atomic E-state index is 13.1. The standard InChI is InChI=1S/C25H23N5OS/c31-25(29-15-14-26-16-17-6-2-1-3-7-17)23-22(19-8-4-5-9-21(19)32-23)30-20-11-13-28-24-18(20)10-12-27-24/h1-13,26H,14-16H2,(H,29,31)(H2,27,28,30). The minimum atomic E-state index is -0.0745. The fourth-order valence-corrected chi connectivity index (χ4v) is 4.78. The van der Waals surface area contributed by atoms with Crippen LogP contribution in [0.4, 0.5) is 11.4 Å². The van der Waals surface area contributed by atoms with E-state index in [0.717, 1.165) is 39.0 Å². The molecule has 0 unspecified atom stereocenters. The Bertz CT molecular complexity index is 1360. The second kappa shape index (κ2) is 9.21. The highest BCUT2D eigenvalue weighted by Gasteiger charge is 2.19. The zero-order valence-corrected chi connectivity index (χ0v) is 18.2. The van der Waals surface area contributed by atoms with Gasteiger partial charge in [0.05, 0.1) is 11.4 Å². The zero-order chi connectivity index (χ0) is 21.8. The van der Waals surface area contributed by atoms with Crippen LogP contribution in [0, 0.1) is 0 Å². The van der Waals surface area contributed by atoms with E-state index in [1.54, 1.807) is 6.20 Å². The largest absolute Gasteiger partial charge is 0.353 e. The van der Waals surface area contributed by atoms with Crippen LogP contribution in [0.3, 0.4) is 0 Å². The SMILES string of the molecule is O=C(NCCNCc1ccccc1)c1sc2ccccc2c1Nc1ccnc2[nH]ccc12. The summed E-state index contributed by atoms with van der Waals surface area (Å²) in [5, 5.41) is 11.9. The van der Waals surface area contributed by atoms with Gasteiger partial charge in [-0.3, -0.25) is 4.79 Å². The number of H-pyrrole nitrogens is 1. The Morgan fingerprint density at radius 3 is 2.69 bits per heavy atom. The minimum Gasteiger partial charge on any atom is -0.353 e. The number of pyridine rings is 1. The van der Waals surface area contributed by atoms with Crippen molar-refractivity contribution < 1.29 is 4.79 Å². The van der Waals surface area contributed by atoms with Gasteiger partial charge in [-0.05, 0) is 23.8 Å². The molecule has 3 heterocycles. The molecule has 0 bridgehead atoms. The lowest BCUT2D eigenvalue weighted by Gasteiger charge is -2.11. The monoisotopic (exact) mass is 441 g/mol. The summed E-state index contributed by atoms with van der Waals surface area (Å²) in [5.74, 6) is -0.0745. The summed E-state index contributed by atoms with van der Waals surface area (Å²) in [6.45, 7) is 2.03. The normalized spacial score (nSPS) is 11.1. The van der Waals surface area contributed by atoms with Crippen LogP contribution in [-0.2, 0) is 6.54 Å². The Kier molecular flexibility index (Phi) is 5.83. The van der Waals surface area contributed by atoms with Crippen LogP contribution in [0.25, 0.3) is 21.1 Å². The van der Waals surface area contributed by atoms with Gasteiger partial charge in [0.25, 0.3) is 5.91 Å². The number of hydrogen-bond acceptors (Lipinski definition) is 5. The van der Waals surface area contributed by atoms with E-state index in [-0.39, 0.29) is 5.91 Å². The molecule has 5 rings (SSSR count). The number of aromatic amines is 1. The average Bonchev–Trinajstić information content (AvgIpc) is 3.45. The highest BCUT2D eigenvalue weighted by molar-refractivity contribution is 7.21. The quantitative estimate of drug-likeness (QED) is 0.254. The molecule has 0 spiro atoms. The first kappa shape index (κ1) is 20.2. The summed E-state index contributed by atoms with van der Waals surface area (Å²) < 4.78 is 1.07. The first-order chi connectivity index (χ1) is 15.8. The van der Waals surface area contributed by atoms with Crippen molar-refractivity contribution in [3.05, 3.63) is 89.6 Å². The van der Waals surface area contributed by atoms with Crippen molar-refractivity contribution in [3.8, 4) is 0 Å². The van der Waals surface area contributed by atoms with Crippen molar-refractivity contribution in [1.82, 2.24) is 20.6 Å². The van der Waals surface area contributed by atoms with E-state index in [1.807, 2.05) is 60.8 Å². The molecular formula is C25H23N5OS. The van der Waals surface area contributed by atoms with Crippen LogP contribution in [0.2, 0.25) is 0 Å². The summed E-state index contributed by atoms with van der Waals surface area (Å²) in [7, 11) is 0. The van der Waals surface area contributed by atoms with Crippen molar-refractivity contribution in [2.24, 2.45) is 0 Å². The van der Waals surface area contributed by atoms with E-state index in [4.69, 9.17) is 0 Å². The Morgan fingerprint density at radius 1 is 0.938 bits per heavy atom. The van der Waals surface area contributed by atoms with Crippen molar-refractivity contribution >= 4 is 49.7 Å². The number of aromatic nitrogens is 2. The number of thiophene rings is 1. The third kappa shape index (κ3) is 4.21. The maximum Gasteiger partial charge on any atom is 0.263 e. The lowest BCUT2D eigenvalue weighted by Crippen LogP contribution is -2.31. The van der Waals surface area contributed by atoms with Crippen LogP contribution < -0.4 is 16.0 Å². The molecule has 1 amide bonds. The number of benzene rings is 2. The summed E-state index contributed by atoms with van der Waals surface area (Å²) >= 11 is 1.50. The van der Waals surface area contributed by atoms with Gasteiger partial charge in [0.2, 0.25) is 0 Å². The number of nitrogens with zero attached hydrogens (tertiary/aromatic N) is 1. The smallest absolute Gasteiger partial charge is 0.263 e. The van der Waals surface area contributed by atoms with Gasteiger partial charge < -0.3 is 20.9 Å². The Labute approximate surface area is 189 Å². The van der Waals surface area contributed by atoms with E-state index in [9.17, 15) is 4.79 Å². The van der Waals surface area contributed by atoms with Crippen LogP contribution in [-0.4, -0.2) is 29.0 Å². The molecule has 160 valence electrons. The van der Waals surface area contributed by atoms with Gasteiger partial charge in [0.1, 0.15) is 10.5 Å². The number of rotatable bonds is 8. The highest BCUT2D eigenvalue weighted by Crippen LogP contribution is 2.38. The molecule has 5 aromatic rings. The molecule has 32 heavy (non-hydrogen) atoms. The number of carbonyl (C=O) groups is 1. The van der Waals surface area contributed by atoms with Crippen molar-refractivity contribution in [2.75, 3.05) is 18.4 Å². The second-order valence-corrected chi connectivity index (χ2v) is 8.50. The van der Waals surface area contributed by atoms with Gasteiger partial charge in [-0.15, -0.1) is 11.3 Å². The van der Waals surface area contributed by atoms with Gasteiger partial charge in [-0.25, -0.2) is 4.98 Å². The molecule has 6 nitrogen and oxygen atoms in total. The number of carbonyl (C=O) groups excluding carboxylic acids is 1. The third-order valence-corrected chi connectivity index (χ3v) is 6.45. The van der Waals surface area contributed by atoms with E-state index in [2.05, 4.69) is 38.1 Å². The molecule has 0 fully saturated rings. The number of nitrogens with one attached hydrogen (secondary N) is 4. The Hall–Kier alpha value is -3.68. The molecule has 3 aromatic heterocycles. The molecule has 2 aromatic carbocycles.